The lowest BCUT2D eigenvalue weighted by molar-refractivity contribution is 0.458. The van der Waals surface area contributed by atoms with Gasteiger partial charge in [0.25, 0.3) is 0 Å². The Morgan fingerprint density at radius 3 is 2.17 bits per heavy atom. The molecule has 0 spiro atoms. The molecule has 0 heterocycles. The molecule has 2 aromatic rings. The summed E-state index contributed by atoms with van der Waals surface area (Å²) in [5.41, 5.74) is 1.16. The van der Waals surface area contributed by atoms with Crippen molar-refractivity contribution < 1.29 is 10.2 Å². The Morgan fingerprint density at radius 2 is 1.42 bits per heavy atom. The van der Waals surface area contributed by atoms with Gasteiger partial charge in [-0.15, -0.1) is 0 Å². The summed E-state index contributed by atoms with van der Waals surface area (Å²) < 4.78 is 0. The number of benzene rings is 2. The van der Waals surface area contributed by atoms with Crippen molar-refractivity contribution in [1.82, 2.24) is 0 Å². The number of hydrogen-bond acceptors (Lipinski definition) is 3. The van der Waals surface area contributed by atoms with Gasteiger partial charge in [0.1, 0.15) is 11.5 Å². The number of rotatable bonds is 10. The van der Waals surface area contributed by atoms with Crippen LogP contribution >= 0.6 is 11.8 Å². The van der Waals surface area contributed by atoms with Gasteiger partial charge in [0, 0.05) is 0 Å². The number of aryl methyl sites for hydroxylation is 1. The maximum absolute atomic E-state index is 10.2. The molecule has 0 atom stereocenters. The fraction of sp³-hybridized carbons (Fsp3) is 0.429. The summed E-state index contributed by atoms with van der Waals surface area (Å²) in [6.45, 7) is 2.24. The molecule has 0 unspecified atom stereocenters. The number of unbranched alkanes of at least 4 members (excludes halogenated alkanes) is 6. The molecule has 0 saturated heterocycles. The van der Waals surface area contributed by atoms with E-state index < -0.39 is 0 Å². The van der Waals surface area contributed by atoms with Crippen LogP contribution in [0.1, 0.15) is 57.4 Å². The molecule has 2 aromatic carbocycles. The number of hydrogen-bond donors (Lipinski definition) is 2. The quantitative estimate of drug-likeness (QED) is 0.481. The van der Waals surface area contributed by atoms with E-state index in [4.69, 9.17) is 0 Å². The lowest BCUT2D eigenvalue weighted by Crippen LogP contribution is -1.91. The van der Waals surface area contributed by atoms with E-state index in [0.717, 1.165) is 28.2 Å². The molecular weight excluding hydrogens is 316 g/mol. The van der Waals surface area contributed by atoms with Gasteiger partial charge in [-0.3, -0.25) is 0 Å². The van der Waals surface area contributed by atoms with Crippen LogP contribution in [0.2, 0.25) is 0 Å². The second-order valence-electron chi connectivity index (χ2n) is 6.21. The molecule has 2 rings (SSSR count). The SMILES string of the molecule is CCCCCCCCCc1cccc(O)c1Sc1ccccc1O. The Hall–Kier alpha value is -1.61. The Bertz CT molecular complexity index is 625. The molecule has 0 aliphatic heterocycles. The smallest absolute Gasteiger partial charge is 0.129 e. The van der Waals surface area contributed by atoms with Crippen molar-refractivity contribution in [3.63, 3.8) is 0 Å². The van der Waals surface area contributed by atoms with E-state index in [1.54, 1.807) is 12.1 Å². The second kappa shape index (κ2) is 10.3. The summed E-state index contributed by atoms with van der Waals surface area (Å²) >= 11 is 1.44. The summed E-state index contributed by atoms with van der Waals surface area (Å²) in [4.78, 5) is 1.64. The van der Waals surface area contributed by atoms with Crippen molar-refractivity contribution in [3.8, 4) is 11.5 Å². The first-order chi connectivity index (χ1) is 11.7. The Morgan fingerprint density at radius 1 is 0.750 bits per heavy atom. The molecule has 2 N–H and O–H groups in total. The lowest BCUT2D eigenvalue weighted by Gasteiger charge is -2.12. The molecule has 0 amide bonds. The molecule has 0 aromatic heterocycles. The highest BCUT2D eigenvalue weighted by atomic mass is 32.2. The van der Waals surface area contributed by atoms with Gasteiger partial charge in [-0.1, -0.05) is 81.5 Å². The maximum Gasteiger partial charge on any atom is 0.129 e. The zero-order chi connectivity index (χ0) is 17.2. The monoisotopic (exact) mass is 344 g/mol. The van der Waals surface area contributed by atoms with Crippen LogP contribution < -0.4 is 0 Å². The van der Waals surface area contributed by atoms with Crippen molar-refractivity contribution >= 4 is 11.8 Å². The van der Waals surface area contributed by atoms with E-state index in [9.17, 15) is 10.2 Å². The molecule has 0 aliphatic rings. The first-order valence-corrected chi connectivity index (χ1v) is 9.80. The molecule has 0 bridgehead atoms. The third kappa shape index (κ3) is 5.79. The number of phenols is 2. The van der Waals surface area contributed by atoms with Crippen molar-refractivity contribution in [2.24, 2.45) is 0 Å². The summed E-state index contributed by atoms with van der Waals surface area (Å²) in [5, 5.41) is 20.2. The van der Waals surface area contributed by atoms with Crippen molar-refractivity contribution in [2.75, 3.05) is 0 Å². The highest BCUT2D eigenvalue weighted by Gasteiger charge is 2.11. The number of phenolic OH excluding ortho intramolecular Hbond substituents is 2. The van der Waals surface area contributed by atoms with E-state index in [0.29, 0.717) is 5.75 Å². The predicted octanol–water partition coefficient (Wildman–Crippen LogP) is 6.54. The van der Waals surface area contributed by atoms with Gasteiger partial charge in [-0.2, -0.15) is 0 Å². The normalized spacial score (nSPS) is 10.9. The van der Waals surface area contributed by atoms with Crippen LogP contribution in [-0.4, -0.2) is 10.2 Å². The van der Waals surface area contributed by atoms with Crippen LogP contribution in [0.3, 0.4) is 0 Å². The maximum atomic E-state index is 10.2. The van der Waals surface area contributed by atoms with Gasteiger partial charge in [0.2, 0.25) is 0 Å². The summed E-state index contributed by atoms with van der Waals surface area (Å²) in [7, 11) is 0. The van der Waals surface area contributed by atoms with Crippen LogP contribution in [0.15, 0.2) is 52.3 Å². The van der Waals surface area contributed by atoms with Gasteiger partial charge in [-0.05, 0) is 36.6 Å². The summed E-state index contributed by atoms with van der Waals surface area (Å²) in [5.74, 6) is 0.552. The molecule has 3 heteroatoms. The molecule has 130 valence electrons. The second-order valence-corrected chi connectivity index (χ2v) is 7.26. The van der Waals surface area contributed by atoms with Gasteiger partial charge < -0.3 is 10.2 Å². The van der Waals surface area contributed by atoms with E-state index in [1.807, 2.05) is 24.3 Å². The van der Waals surface area contributed by atoms with Crippen LogP contribution in [0.5, 0.6) is 11.5 Å². The third-order valence-corrected chi connectivity index (χ3v) is 5.44. The predicted molar refractivity (Wildman–Crippen MR) is 102 cm³/mol. The third-order valence-electron chi connectivity index (χ3n) is 4.20. The van der Waals surface area contributed by atoms with E-state index in [2.05, 4.69) is 13.0 Å². The van der Waals surface area contributed by atoms with Gasteiger partial charge in [-0.25, -0.2) is 0 Å². The minimum atomic E-state index is 0.257. The topological polar surface area (TPSA) is 40.5 Å². The molecule has 0 fully saturated rings. The molecule has 2 nitrogen and oxygen atoms in total. The van der Waals surface area contributed by atoms with E-state index >= 15 is 0 Å². The Labute approximate surface area is 149 Å². The molecule has 24 heavy (non-hydrogen) atoms. The van der Waals surface area contributed by atoms with Gasteiger partial charge >= 0.3 is 0 Å². The van der Waals surface area contributed by atoms with Crippen LogP contribution in [-0.2, 0) is 6.42 Å². The highest BCUT2D eigenvalue weighted by Crippen LogP contribution is 2.41. The zero-order valence-corrected chi connectivity index (χ0v) is 15.3. The number of para-hydroxylation sites is 1. The number of aromatic hydroxyl groups is 2. The Kier molecular flexibility index (Phi) is 8.03. The van der Waals surface area contributed by atoms with E-state index in [-0.39, 0.29) is 5.75 Å². The fourth-order valence-corrected chi connectivity index (χ4v) is 3.82. The summed E-state index contributed by atoms with van der Waals surface area (Å²) in [6, 6.07) is 13.0. The highest BCUT2D eigenvalue weighted by molar-refractivity contribution is 7.99. The van der Waals surface area contributed by atoms with Crippen molar-refractivity contribution in [1.29, 1.82) is 0 Å². The van der Waals surface area contributed by atoms with Crippen LogP contribution in [0, 0.1) is 0 Å². The van der Waals surface area contributed by atoms with Gasteiger partial charge in [0.05, 0.1) is 9.79 Å². The first kappa shape index (κ1) is 18.7. The average Bonchev–Trinajstić information content (AvgIpc) is 2.58. The lowest BCUT2D eigenvalue weighted by atomic mass is 10.0. The molecule has 0 aliphatic carbocycles. The van der Waals surface area contributed by atoms with Crippen LogP contribution in [0.4, 0.5) is 0 Å². The Balaban J connectivity index is 1.93. The minimum absolute atomic E-state index is 0.257. The minimum Gasteiger partial charge on any atom is -0.507 e. The molecular formula is C21H28O2S. The fourth-order valence-electron chi connectivity index (χ4n) is 2.81. The largest absolute Gasteiger partial charge is 0.507 e. The van der Waals surface area contributed by atoms with E-state index in [1.165, 1.54) is 50.3 Å². The first-order valence-electron chi connectivity index (χ1n) is 8.99. The van der Waals surface area contributed by atoms with Gasteiger partial charge in [0.15, 0.2) is 0 Å². The van der Waals surface area contributed by atoms with Crippen LogP contribution in [0.25, 0.3) is 0 Å². The van der Waals surface area contributed by atoms with Crippen molar-refractivity contribution in [3.05, 3.63) is 48.0 Å². The average molecular weight is 345 g/mol. The summed E-state index contributed by atoms with van der Waals surface area (Å²) in [6.07, 6.45) is 9.94. The van der Waals surface area contributed by atoms with Crippen molar-refractivity contribution in [2.45, 2.75) is 68.1 Å². The molecule has 0 radical (unpaired) electrons. The zero-order valence-electron chi connectivity index (χ0n) is 14.5. The standard InChI is InChI=1S/C21H28O2S/c1-2-3-4-5-6-7-8-12-17-13-11-15-19(23)21(17)24-20-16-10-9-14-18(20)22/h9-11,13-16,22-23H,2-8,12H2,1H3. The molecule has 0 saturated carbocycles.